The van der Waals surface area contributed by atoms with Crippen molar-refractivity contribution >= 4 is 11.6 Å². The Morgan fingerprint density at radius 2 is 2.12 bits per heavy atom. The van der Waals surface area contributed by atoms with E-state index in [1.54, 1.807) is 0 Å². The van der Waals surface area contributed by atoms with Crippen molar-refractivity contribution in [2.24, 2.45) is 5.73 Å². The second kappa shape index (κ2) is 5.95. The van der Waals surface area contributed by atoms with E-state index in [1.807, 2.05) is 0 Å². The van der Waals surface area contributed by atoms with Crippen LogP contribution in [-0.2, 0) is 0 Å². The molecule has 0 spiro atoms. The Morgan fingerprint density at radius 3 is 2.65 bits per heavy atom. The normalized spacial score (nSPS) is 10.0. The largest absolute Gasteiger partial charge is 0.493 e. The quantitative estimate of drug-likeness (QED) is 0.484. The van der Waals surface area contributed by atoms with Crippen molar-refractivity contribution in [3.8, 4) is 11.5 Å². The summed E-state index contributed by atoms with van der Waals surface area (Å²) in [6.45, 7) is 0.342. The van der Waals surface area contributed by atoms with Crippen LogP contribution in [-0.4, -0.2) is 31.3 Å². The molecule has 94 valence electrons. The summed E-state index contributed by atoms with van der Waals surface area (Å²) >= 11 is 0. The molecule has 0 fully saturated rings. The molecule has 0 radical (unpaired) electrons. The average Bonchev–Trinajstić information content (AvgIpc) is 2.30. The van der Waals surface area contributed by atoms with Crippen molar-refractivity contribution in [2.75, 3.05) is 26.1 Å². The van der Waals surface area contributed by atoms with Gasteiger partial charge in [0.2, 0.25) is 0 Å². The maximum atomic E-state index is 11.1. The zero-order valence-electron chi connectivity index (χ0n) is 9.60. The summed E-state index contributed by atoms with van der Waals surface area (Å²) in [7, 11) is 1.47. The number of hydrogen-bond acceptors (Lipinski definition) is 5. The zero-order chi connectivity index (χ0) is 12.8. The van der Waals surface area contributed by atoms with E-state index in [2.05, 4.69) is 0 Å². The summed E-state index contributed by atoms with van der Waals surface area (Å²) < 4.78 is 10.4. The summed E-state index contributed by atoms with van der Waals surface area (Å²) in [5, 5.41) is 8.65. The molecule has 1 aromatic carbocycles. The maximum Gasteiger partial charge on any atom is 0.250 e. The molecular weight excluding hydrogens is 224 g/mol. The van der Waals surface area contributed by atoms with Gasteiger partial charge in [0.15, 0.2) is 11.5 Å². The van der Waals surface area contributed by atoms with Crippen molar-refractivity contribution in [2.45, 2.75) is 6.42 Å². The average molecular weight is 240 g/mol. The summed E-state index contributed by atoms with van der Waals surface area (Å²) in [5.41, 5.74) is 11.2. The second-order valence-electron chi connectivity index (χ2n) is 3.38. The highest BCUT2D eigenvalue weighted by atomic mass is 16.5. The highest BCUT2D eigenvalue weighted by Crippen LogP contribution is 2.32. The lowest BCUT2D eigenvalue weighted by Crippen LogP contribution is -2.14. The standard InChI is InChI=1S/C11H16N2O4/c1-16-9-6-8(12)7(11(13)15)5-10(9)17-4-2-3-14/h5-6,14H,2-4,12H2,1H3,(H2,13,15). The predicted octanol–water partition coefficient (Wildman–Crippen LogP) is 0.138. The Bertz CT molecular complexity index is 407. The molecule has 0 aliphatic heterocycles. The summed E-state index contributed by atoms with van der Waals surface area (Å²) in [5.74, 6) is 0.173. The van der Waals surface area contributed by atoms with Gasteiger partial charge in [0.25, 0.3) is 5.91 Å². The Kier molecular flexibility index (Phi) is 4.59. The van der Waals surface area contributed by atoms with E-state index in [1.165, 1.54) is 19.2 Å². The van der Waals surface area contributed by atoms with E-state index in [4.69, 9.17) is 26.0 Å². The van der Waals surface area contributed by atoms with Gasteiger partial charge in [-0.25, -0.2) is 0 Å². The molecule has 0 aliphatic carbocycles. The third-order valence-electron chi connectivity index (χ3n) is 2.16. The van der Waals surface area contributed by atoms with E-state index >= 15 is 0 Å². The first-order valence-electron chi connectivity index (χ1n) is 5.11. The zero-order valence-corrected chi connectivity index (χ0v) is 9.60. The van der Waals surface area contributed by atoms with Gasteiger partial charge in [-0.3, -0.25) is 4.79 Å². The number of benzene rings is 1. The summed E-state index contributed by atoms with van der Waals surface area (Å²) in [6.07, 6.45) is 0.486. The Morgan fingerprint density at radius 1 is 1.41 bits per heavy atom. The molecule has 0 bridgehead atoms. The van der Waals surface area contributed by atoms with Crippen LogP contribution in [0, 0.1) is 0 Å². The van der Waals surface area contributed by atoms with Crippen LogP contribution < -0.4 is 20.9 Å². The summed E-state index contributed by atoms with van der Waals surface area (Å²) in [4.78, 5) is 11.1. The van der Waals surface area contributed by atoms with Crippen molar-refractivity contribution in [3.05, 3.63) is 17.7 Å². The Hall–Kier alpha value is -1.95. The topological polar surface area (TPSA) is 108 Å². The van der Waals surface area contributed by atoms with Crippen molar-refractivity contribution in [1.82, 2.24) is 0 Å². The molecule has 1 rings (SSSR count). The smallest absolute Gasteiger partial charge is 0.250 e. The molecule has 0 aromatic heterocycles. The molecule has 0 heterocycles. The first-order valence-corrected chi connectivity index (χ1v) is 5.11. The van der Waals surface area contributed by atoms with E-state index in [0.29, 0.717) is 24.5 Å². The maximum absolute atomic E-state index is 11.1. The van der Waals surface area contributed by atoms with Crippen LogP contribution in [0.3, 0.4) is 0 Å². The minimum Gasteiger partial charge on any atom is -0.493 e. The second-order valence-corrected chi connectivity index (χ2v) is 3.38. The SMILES string of the molecule is COc1cc(N)c(C(N)=O)cc1OCCCO. The lowest BCUT2D eigenvalue weighted by molar-refractivity contribution is 0.100. The Labute approximate surface area is 99.1 Å². The fraction of sp³-hybridized carbons (Fsp3) is 0.364. The molecule has 6 heteroatoms. The molecule has 1 aromatic rings. The predicted molar refractivity (Wildman–Crippen MR) is 63.1 cm³/mol. The van der Waals surface area contributed by atoms with Gasteiger partial charge in [-0.05, 0) is 6.07 Å². The van der Waals surface area contributed by atoms with Crippen LogP contribution in [0.5, 0.6) is 11.5 Å². The minimum absolute atomic E-state index is 0.0277. The molecule has 6 nitrogen and oxygen atoms in total. The lowest BCUT2D eigenvalue weighted by Gasteiger charge is -2.12. The van der Waals surface area contributed by atoms with Crippen molar-refractivity contribution < 1.29 is 19.4 Å². The number of anilines is 1. The third-order valence-corrected chi connectivity index (χ3v) is 2.16. The van der Waals surface area contributed by atoms with E-state index in [0.717, 1.165) is 0 Å². The molecule has 0 saturated carbocycles. The molecular formula is C11H16N2O4. The number of primary amides is 1. The number of nitrogens with two attached hydrogens (primary N) is 2. The van der Waals surface area contributed by atoms with Crippen LogP contribution in [0.15, 0.2) is 12.1 Å². The first kappa shape index (κ1) is 13.1. The molecule has 5 N–H and O–H groups in total. The van der Waals surface area contributed by atoms with Crippen LogP contribution in [0.4, 0.5) is 5.69 Å². The number of carbonyl (C=O) groups excluding carboxylic acids is 1. The molecule has 0 saturated heterocycles. The van der Waals surface area contributed by atoms with Crippen LogP contribution in [0.1, 0.15) is 16.8 Å². The highest BCUT2D eigenvalue weighted by molar-refractivity contribution is 5.98. The van der Waals surface area contributed by atoms with Gasteiger partial charge < -0.3 is 26.0 Å². The van der Waals surface area contributed by atoms with Crippen LogP contribution in [0.25, 0.3) is 0 Å². The number of methoxy groups -OCH3 is 1. The van der Waals surface area contributed by atoms with E-state index in [9.17, 15) is 4.79 Å². The Balaban J connectivity index is 2.99. The molecule has 0 atom stereocenters. The van der Waals surface area contributed by atoms with Gasteiger partial charge in [-0.1, -0.05) is 0 Å². The number of amides is 1. The first-order chi connectivity index (χ1) is 8.10. The fourth-order valence-corrected chi connectivity index (χ4v) is 1.31. The highest BCUT2D eigenvalue weighted by Gasteiger charge is 2.13. The molecule has 1 amide bonds. The van der Waals surface area contributed by atoms with Crippen molar-refractivity contribution in [3.63, 3.8) is 0 Å². The van der Waals surface area contributed by atoms with Gasteiger partial charge in [0.1, 0.15) is 0 Å². The number of nitrogen functional groups attached to an aromatic ring is 1. The molecule has 0 unspecified atom stereocenters. The number of ether oxygens (including phenoxy) is 2. The van der Waals surface area contributed by atoms with Gasteiger partial charge in [-0.15, -0.1) is 0 Å². The number of rotatable bonds is 6. The van der Waals surface area contributed by atoms with Gasteiger partial charge >= 0.3 is 0 Å². The fourth-order valence-electron chi connectivity index (χ4n) is 1.31. The monoisotopic (exact) mass is 240 g/mol. The van der Waals surface area contributed by atoms with Gasteiger partial charge in [0, 0.05) is 24.8 Å². The van der Waals surface area contributed by atoms with Crippen LogP contribution >= 0.6 is 0 Å². The van der Waals surface area contributed by atoms with Gasteiger partial charge in [0.05, 0.1) is 19.3 Å². The lowest BCUT2D eigenvalue weighted by atomic mass is 10.1. The van der Waals surface area contributed by atoms with E-state index < -0.39 is 5.91 Å². The van der Waals surface area contributed by atoms with Crippen LogP contribution in [0.2, 0.25) is 0 Å². The van der Waals surface area contributed by atoms with E-state index in [-0.39, 0.29) is 17.9 Å². The minimum atomic E-state index is -0.628. The van der Waals surface area contributed by atoms with Gasteiger partial charge in [-0.2, -0.15) is 0 Å². The molecule has 0 aliphatic rings. The molecule has 17 heavy (non-hydrogen) atoms. The number of aliphatic hydroxyl groups is 1. The van der Waals surface area contributed by atoms with Crippen molar-refractivity contribution in [1.29, 1.82) is 0 Å². The third kappa shape index (κ3) is 3.25. The number of aliphatic hydroxyl groups excluding tert-OH is 1. The number of carbonyl (C=O) groups is 1. The number of hydrogen-bond donors (Lipinski definition) is 3. The summed E-state index contributed by atoms with van der Waals surface area (Å²) in [6, 6.07) is 2.92.